The first-order chi connectivity index (χ1) is 4.00. The molecule has 0 aliphatic heterocycles. The van der Waals surface area contributed by atoms with Crippen LogP contribution in [0.3, 0.4) is 0 Å². The van der Waals surface area contributed by atoms with Crippen molar-refractivity contribution < 1.29 is 0 Å². The highest BCUT2D eigenvalue weighted by atomic mass is 14.4. The second-order valence-corrected chi connectivity index (χ2v) is 1.76. The van der Waals surface area contributed by atoms with Crippen molar-refractivity contribution in [1.29, 1.82) is 0 Å². The van der Waals surface area contributed by atoms with Crippen LogP contribution >= 0.6 is 0 Å². The van der Waals surface area contributed by atoms with Gasteiger partial charge >= 0.3 is 0 Å². The average Bonchev–Trinajstić information content (AvgIpc) is 1.96. The lowest BCUT2D eigenvalue weighted by Gasteiger charge is -1.97. The van der Waals surface area contributed by atoms with E-state index in [0.29, 0.717) is 0 Å². The van der Waals surface area contributed by atoms with E-state index < -0.39 is 0 Å². The van der Waals surface area contributed by atoms with Crippen molar-refractivity contribution >= 4 is 0 Å². The Kier molecular flexibility index (Phi) is 6.45. The molecule has 0 saturated carbocycles. The van der Waals surface area contributed by atoms with E-state index in [1.807, 2.05) is 0 Å². The van der Waals surface area contributed by atoms with Crippen molar-refractivity contribution in [3.63, 3.8) is 0 Å². The van der Waals surface area contributed by atoms with Gasteiger partial charge in [0.15, 0.2) is 0 Å². The van der Waals surface area contributed by atoms with Crippen molar-refractivity contribution in [3.8, 4) is 0 Å². The number of allylic oxidation sites excluding steroid dienone is 2. The summed E-state index contributed by atoms with van der Waals surface area (Å²) in [7, 11) is 1.50. The summed E-state index contributed by atoms with van der Waals surface area (Å²) in [6.45, 7) is 0. The van der Waals surface area contributed by atoms with E-state index in [9.17, 15) is 0 Å². The van der Waals surface area contributed by atoms with Gasteiger partial charge in [-0.1, -0.05) is 12.2 Å². The summed E-state index contributed by atoms with van der Waals surface area (Å²) in [5, 5.41) is 0. The molecule has 0 aromatic carbocycles. The molecule has 0 radical (unpaired) electrons. The van der Waals surface area contributed by atoms with Gasteiger partial charge in [0.1, 0.15) is 0 Å². The zero-order valence-corrected chi connectivity index (χ0v) is 5.56. The van der Waals surface area contributed by atoms with E-state index in [2.05, 4.69) is 17.9 Å². The van der Waals surface area contributed by atoms with Crippen LogP contribution in [0.2, 0.25) is 0 Å². The van der Waals surface area contributed by atoms with Crippen molar-refractivity contribution in [3.05, 3.63) is 12.2 Å². The van der Waals surface area contributed by atoms with Crippen molar-refractivity contribution in [2.24, 2.45) is 5.73 Å². The Morgan fingerprint density at radius 3 is 1.50 bits per heavy atom. The van der Waals surface area contributed by atoms with Crippen LogP contribution in [0, 0.1) is 0 Å². The fourth-order valence-electron chi connectivity index (χ4n) is 0.760. The normalized spacial score (nSPS) is 16.8. The highest BCUT2D eigenvalue weighted by Gasteiger charge is 1.87. The highest BCUT2D eigenvalue weighted by Crippen LogP contribution is 2.07. The maximum atomic E-state index is 4.50. The molecule has 0 heterocycles. The molecule has 0 amide bonds. The second-order valence-electron chi connectivity index (χ2n) is 1.76. The molecule has 1 aliphatic rings. The van der Waals surface area contributed by atoms with Gasteiger partial charge < -0.3 is 5.73 Å². The van der Waals surface area contributed by atoms with E-state index in [4.69, 9.17) is 0 Å². The fourth-order valence-corrected chi connectivity index (χ4v) is 0.760. The van der Waals surface area contributed by atoms with Gasteiger partial charge in [0, 0.05) is 0 Å². The molecule has 0 fully saturated rings. The summed E-state index contributed by atoms with van der Waals surface area (Å²) in [6, 6.07) is 0. The minimum Gasteiger partial charge on any atom is -0.333 e. The molecule has 0 aromatic rings. The minimum atomic E-state index is 1.32. The Labute approximate surface area is 51.6 Å². The molecule has 48 valence electrons. The molecular formula is C7H15N. The monoisotopic (exact) mass is 113 g/mol. The summed E-state index contributed by atoms with van der Waals surface area (Å²) < 4.78 is 0. The zero-order valence-electron chi connectivity index (χ0n) is 5.56. The first-order valence-electron chi connectivity index (χ1n) is 3.23. The molecule has 0 saturated heterocycles. The smallest absolute Gasteiger partial charge is 0.0195 e. The highest BCUT2D eigenvalue weighted by molar-refractivity contribution is 4.85. The van der Waals surface area contributed by atoms with Gasteiger partial charge in [0.05, 0.1) is 0 Å². The van der Waals surface area contributed by atoms with E-state index >= 15 is 0 Å². The largest absolute Gasteiger partial charge is 0.333 e. The summed E-state index contributed by atoms with van der Waals surface area (Å²) in [4.78, 5) is 0. The SMILES string of the molecule is C1=CCCCC1.CN. The quantitative estimate of drug-likeness (QED) is 0.475. The van der Waals surface area contributed by atoms with Crippen molar-refractivity contribution in [2.45, 2.75) is 25.7 Å². The summed E-state index contributed by atoms with van der Waals surface area (Å²) >= 11 is 0. The molecule has 0 atom stereocenters. The number of hydrogen-bond donors (Lipinski definition) is 1. The lowest BCUT2D eigenvalue weighted by Crippen LogP contribution is -1.77. The molecule has 1 rings (SSSR count). The Balaban J connectivity index is 0.000000222. The third-order valence-corrected chi connectivity index (χ3v) is 1.16. The van der Waals surface area contributed by atoms with Gasteiger partial charge in [0.25, 0.3) is 0 Å². The Bertz CT molecular complexity index is 49.4. The predicted molar refractivity (Wildman–Crippen MR) is 37.7 cm³/mol. The Hall–Kier alpha value is -0.300. The van der Waals surface area contributed by atoms with Crippen LogP contribution in [0.4, 0.5) is 0 Å². The molecular weight excluding hydrogens is 98.1 g/mol. The summed E-state index contributed by atoms with van der Waals surface area (Å²) in [5.74, 6) is 0. The number of nitrogens with two attached hydrogens (primary N) is 1. The first-order valence-corrected chi connectivity index (χ1v) is 3.23. The molecule has 2 N–H and O–H groups in total. The molecule has 0 aromatic heterocycles. The van der Waals surface area contributed by atoms with Gasteiger partial charge in [-0.15, -0.1) is 0 Å². The molecule has 0 unspecified atom stereocenters. The van der Waals surface area contributed by atoms with Gasteiger partial charge in [-0.25, -0.2) is 0 Å². The Morgan fingerprint density at radius 1 is 1.00 bits per heavy atom. The van der Waals surface area contributed by atoms with Gasteiger partial charge in [0.2, 0.25) is 0 Å². The maximum Gasteiger partial charge on any atom is -0.0195 e. The van der Waals surface area contributed by atoms with Crippen LogP contribution in [0.1, 0.15) is 25.7 Å². The molecule has 1 nitrogen and oxygen atoms in total. The minimum absolute atomic E-state index is 1.32. The Morgan fingerprint density at radius 2 is 1.38 bits per heavy atom. The molecule has 1 heteroatoms. The van der Waals surface area contributed by atoms with Crippen LogP contribution in [-0.4, -0.2) is 7.05 Å². The summed E-state index contributed by atoms with van der Waals surface area (Å²) in [6.07, 6.45) is 10.0. The lowest BCUT2D eigenvalue weighted by atomic mass is 10.1. The lowest BCUT2D eigenvalue weighted by molar-refractivity contribution is 0.730. The van der Waals surface area contributed by atoms with Gasteiger partial charge in [-0.3, -0.25) is 0 Å². The van der Waals surface area contributed by atoms with Crippen LogP contribution in [0.5, 0.6) is 0 Å². The topological polar surface area (TPSA) is 26.0 Å². The zero-order chi connectivity index (χ0) is 6.24. The van der Waals surface area contributed by atoms with E-state index in [0.717, 1.165) is 0 Å². The van der Waals surface area contributed by atoms with Gasteiger partial charge in [-0.05, 0) is 32.7 Å². The molecule has 1 aliphatic carbocycles. The fraction of sp³-hybridized carbons (Fsp3) is 0.714. The van der Waals surface area contributed by atoms with Gasteiger partial charge in [-0.2, -0.15) is 0 Å². The number of hydrogen-bond acceptors (Lipinski definition) is 1. The third kappa shape index (κ3) is 3.88. The van der Waals surface area contributed by atoms with Crippen LogP contribution < -0.4 is 5.73 Å². The third-order valence-electron chi connectivity index (χ3n) is 1.16. The molecule has 8 heavy (non-hydrogen) atoms. The average molecular weight is 113 g/mol. The van der Waals surface area contributed by atoms with E-state index in [1.165, 1.54) is 32.7 Å². The van der Waals surface area contributed by atoms with E-state index in [1.54, 1.807) is 0 Å². The molecule has 0 spiro atoms. The second kappa shape index (κ2) is 6.70. The maximum absolute atomic E-state index is 4.50. The van der Waals surface area contributed by atoms with Crippen molar-refractivity contribution in [1.82, 2.24) is 0 Å². The first kappa shape index (κ1) is 7.70. The number of rotatable bonds is 0. The van der Waals surface area contributed by atoms with Crippen LogP contribution in [0.25, 0.3) is 0 Å². The van der Waals surface area contributed by atoms with E-state index in [-0.39, 0.29) is 0 Å². The molecule has 0 bridgehead atoms. The predicted octanol–water partition coefficient (Wildman–Crippen LogP) is 1.69. The van der Waals surface area contributed by atoms with Crippen LogP contribution in [-0.2, 0) is 0 Å². The standard InChI is InChI=1S/C6H10.CH5N/c1-2-4-6-5-3-1;1-2/h1-2H,3-6H2;2H2,1H3. The van der Waals surface area contributed by atoms with Crippen molar-refractivity contribution in [2.75, 3.05) is 7.05 Å². The van der Waals surface area contributed by atoms with Crippen LogP contribution in [0.15, 0.2) is 12.2 Å². The summed E-state index contributed by atoms with van der Waals surface area (Å²) in [5.41, 5.74) is 4.50.